The van der Waals surface area contributed by atoms with Gasteiger partial charge in [0.2, 0.25) is 11.8 Å². The third kappa shape index (κ3) is 3.61. The summed E-state index contributed by atoms with van der Waals surface area (Å²) in [5.41, 5.74) is 2.00. The molecule has 0 N–H and O–H groups in total. The summed E-state index contributed by atoms with van der Waals surface area (Å²) in [5, 5.41) is 0. The summed E-state index contributed by atoms with van der Waals surface area (Å²) < 4.78 is 0. The van der Waals surface area contributed by atoms with Crippen molar-refractivity contribution in [1.29, 1.82) is 0 Å². The number of nitrogens with zero attached hydrogens (tertiary/aromatic N) is 3. The summed E-state index contributed by atoms with van der Waals surface area (Å²) in [7, 11) is 0. The maximum Gasteiger partial charge on any atom is 0.250 e. The van der Waals surface area contributed by atoms with Gasteiger partial charge in [0, 0.05) is 39.3 Å². The zero-order chi connectivity index (χ0) is 18.0. The number of hydrogen-bond acceptors (Lipinski definition) is 3. The minimum absolute atomic E-state index is 0.0318. The quantitative estimate of drug-likeness (QED) is 0.788. The molecule has 0 aliphatic carbocycles. The zero-order valence-electron chi connectivity index (χ0n) is 15.1. The first-order valence-corrected chi connectivity index (χ1v) is 9.03. The molecule has 1 atom stereocenters. The highest BCUT2D eigenvalue weighted by atomic mass is 16.2. The fraction of sp³-hybridized carbons (Fsp3) is 0.500. The molecule has 1 aromatic carbocycles. The van der Waals surface area contributed by atoms with Crippen molar-refractivity contribution in [2.45, 2.75) is 26.4 Å². The highest BCUT2D eigenvalue weighted by molar-refractivity contribution is 5.94. The number of carbonyl (C=O) groups excluding carboxylic acids is 2. The predicted molar refractivity (Wildman–Crippen MR) is 97.8 cm³/mol. The molecule has 1 aromatic rings. The van der Waals surface area contributed by atoms with Gasteiger partial charge in [-0.25, -0.2) is 0 Å². The van der Waals surface area contributed by atoms with Gasteiger partial charge in [-0.3, -0.25) is 14.5 Å². The Balaban J connectivity index is 1.75. The van der Waals surface area contributed by atoms with Crippen molar-refractivity contribution in [2.24, 2.45) is 5.92 Å². The summed E-state index contributed by atoms with van der Waals surface area (Å²) in [6, 6.07) is 7.32. The minimum atomic E-state index is -0.515. The number of carbonyl (C=O) groups is 2. The van der Waals surface area contributed by atoms with Crippen LogP contribution in [0.15, 0.2) is 36.9 Å². The molecule has 1 unspecified atom stereocenters. The number of benzene rings is 1. The Bertz CT molecular complexity index is 663. The second-order valence-corrected chi connectivity index (χ2v) is 7.29. The van der Waals surface area contributed by atoms with Gasteiger partial charge in [0.05, 0.1) is 0 Å². The van der Waals surface area contributed by atoms with Crippen molar-refractivity contribution in [1.82, 2.24) is 14.7 Å². The zero-order valence-corrected chi connectivity index (χ0v) is 15.1. The van der Waals surface area contributed by atoms with Crippen molar-refractivity contribution in [3.05, 3.63) is 48.0 Å². The molecule has 25 heavy (non-hydrogen) atoms. The van der Waals surface area contributed by atoms with Crippen molar-refractivity contribution >= 4 is 11.8 Å². The van der Waals surface area contributed by atoms with Crippen LogP contribution in [0.2, 0.25) is 0 Å². The smallest absolute Gasteiger partial charge is 0.250 e. The van der Waals surface area contributed by atoms with E-state index in [0.717, 1.165) is 43.9 Å². The number of piperazine rings is 1. The number of fused-ring (bicyclic) bond motifs is 1. The van der Waals surface area contributed by atoms with Gasteiger partial charge >= 0.3 is 0 Å². The summed E-state index contributed by atoms with van der Waals surface area (Å²) in [5.74, 6) is 0.474. The molecule has 2 heterocycles. The number of amides is 2. The van der Waals surface area contributed by atoms with Crippen molar-refractivity contribution in [3.8, 4) is 0 Å². The maximum absolute atomic E-state index is 13.2. The fourth-order valence-electron chi connectivity index (χ4n) is 3.82. The third-order valence-corrected chi connectivity index (χ3v) is 5.00. The molecule has 0 bridgehead atoms. The molecule has 2 amide bonds. The molecule has 1 saturated heterocycles. The monoisotopic (exact) mass is 341 g/mol. The van der Waals surface area contributed by atoms with Crippen LogP contribution in [0, 0.1) is 5.92 Å². The first kappa shape index (κ1) is 17.7. The standard InChI is InChI=1S/C20H27N3O2/c1-4-18(24)23-14-16-7-5-6-8-17(16)19(23)20(25)22-11-9-21(10-12-22)13-15(2)3/h4-8,15,19H,1,9-14H2,2-3H3. The SMILES string of the molecule is C=CC(=O)N1Cc2ccccc2C1C(=O)N1CCN(CC(C)C)CC1. The molecule has 0 spiro atoms. The Morgan fingerprint density at radius 3 is 2.52 bits per heavy atom. The van der Waals surface area contributed by atoms with Gasteiger partial charge < -0.3 is 9.80 Å². The van der Waals surface area contributed by atoms with E-state index in [-0.39, 0.29) is 11.8 Å². The highest BCUT2D eigenvalue weighted by Gasteiger charge is 2.40. The lowest BCUT2D eigenvalue weighted by atomic mass is 10.0. The van der Waals surface area contributed by atoms with Crippen molar-refractivity contribution in [2.75, 3.05) is 32.7 Å². The first-order valence-electron chi connectivity index (χ1n) is 9.03. The Morgan fingerprint density at radius 1 is 1.20 bits per heavy atom. The number of rotatable bonds is 4. The molecular formula is C20H27N3O2. The van der Waals surface area contributed by atoms with Gasteiger partial charge in [-0.15, -0.1) is 0 Å². The minimum Gasteiger partial charge on any atom is -0.338 e. The normalized spacial score (nSPS) is 20.7. The average Bonchev–Trinajstić information content (AvgIpc) is 3.00. The van der Waals surface area contributed by atoms with Gasteiger partial charge in [0.1, 0.15) is 6.04 Å². The Hall–Kier alpha value is -2.14. The molecule has 5 nitrogen and oxygen atoms in total. The molecule has 0 aromatic heterocycles. The fourth-order valence-corrected chi connectivity index (χ4v) is 3.82. The topological polar surface area (TPSA) is 43.9 Å². The summed E-state index contributed by atoms with van der Waals surface area (Å²) in [4.78, 5) is 31.4. The van der Waals surface area contributed by atoms with E-state index in [0.29, 0.717) is 12.5 Å². The third-order valence-electron chi connectivity index (χ3n) is 5.00. The Kier molecular flexibility index (Phi) is 5.23. The molecule has 2 aliphatic heterocycles. The van der Waals surface area contributed by atoms with Gasteiger partial charge in [0.15, 0.2) is 0 Å². The van der Waals surface area contributed by atoms with E-state index in [4.69, 9.17) is 0 Å². The van der Waals surface area contributed by atoms with Crippen LogP contribution in [0.5, 0.6) is 0 Å². The van der Waals surface area contributed by atoms with E-state index >= 15 is 0 Å². The van der Waals surface area contributed by atoms with Gasteiger partial charge in [-0.05, 0) is 23.1 Å². The van der Waals surface area contributed by atoms with E-state index in [1.54, 1.807) is 4.90 Å². The maximum atomic E-state index is 13.2. The van der Waals surface area contributed by atoms with Crippen LogP contribution < -0.4 is 0 Å². The van der Waals surface area contributed by atoms with E-state index < -0.39 is 6.04 Å². The van der Waals surface area contributed by atoms with Crippen LogP contribution >= 0.6 is 0 Å². The van der Waals surface area contributed by atoms with Crippen LogP contribution in [0.25, 0.3) is 0 Å². The van der Waals surface area contributed by atoms with Crippen molar-refractivity contribution in [3.63, 3.8) is 0 Å². The molecule has 1 fully saturated rings. The average molecular weight is 341 g/mol. The van der Waals surface area contributed by atoms with Gasteiger partial charge in [-0.1, -0.05) is 44.7 Å². The van der Waals surface area contributed by atoms with Crippen LogP contribution in [-0.2, 0) is 16.1 Å². The Morgan fingerprint density at radius 2 is 1.88 bits per heavy atom. The van der Waals surface area contributed by atoms with Gasteiger partial charge in [0.25, 0.3) is 0 Å². The molecular weight excluding hydrogens is 314 g/mol. The van der Waals surface area contributed by atoms with Crippen LogP contribution in [0.1, 0.15) is 31.0 Å². The van der Waals surface area contributed by atoms with Crippen LogP contribution in [0.4, 0.5) is 0 Å². The highest BCUT2D eigenvalue weighted by Crippen LogP contribution is 2.35. The lowest BCUT2D eigenvalue weighted by Crippen LogP contribution is -2.52. The summed E-state index contributed by atoms with van der Waals surface area (Å²) >= 11 is 0. The van der Waals surface area contributed by atoms with Crippen LogP contribution in [0.3, 0.4) is 0 Å². The van der Waals surface area contributed by atoms with Crippen LogP contribution in [-0.4, -0.2) is 59.2 Å². The molecule has 2 aliphatic rings. The molecule has 0 radical (unpaired) electrons. The molecule has 134 valence electrons. The van der Waals surface area contributed by atoms with E-state index in [1.807, 2.05) is 29.2 Å². The molecule has 0 saturated carbocycles. The van der Waals surface area contributed by atoms with Gasteiger partial charge in [-0.2, -0.15) is 0 Å². The largest absolute Gasteiger partial charge is 0.338 e. The lowest BCUT2D eigenvalue weighted by Gasteiger charge is -2.38. The first-order chi connectivity index (χ1) is 12.0. The van der Waals surface area contributed by atoms with Crippen molar-refractivity contribution < 1.29 is 9.59 Å². The lowest BCUT2D eigenvalue weighted by molar-refractivity contribution is -0.144. The second kappa shape index (κ2) is 7.40. The molecule has 3 rings (SSSR count). The number of hydrogen-bond donors (Lipinski definition) is 0. The molecule has 5 heteroatoms. The second-order valence-electron chi connectivity index (χ2n) is 7.29. The van der Waals surface area contributed by atoms with E-state index in [1.165, 1.54) is 6.08 Å². The summed E-state index contributed by atoms with van der Waals surface area (Å²) in [6.45, 7) is 12.8. The van der Waals surface area contributed by atoms with E-state index in [2.05, 4.69) is 25.3 Å². The summed E-state index contributed by atoms with van der Waals surface area (Å²) in [6.07, 6.45) is 1.30. The predicted octanol–water partition coefficient (Wildman–Crippen LogP) is 2.06. The van der Waals surface area contributed by atoms with E-state index in [9.17, 15) is 9.59 Å². The Labute approximate surface area is 149 Å².